The predicted octanol–water partition coefficient (Wildman–Crippen LogP) is 2.08. The lowest BCUT2D eigenvalue weighted by Crippen LogP contribution is -2.45. The van der Waals surface area contributed by atoms with Crippen LogP contribution in [0.3, 0.4) is 0 Å². The molecule has 1 saturated carbocycles. The van der Waals surface area contributed by atoms with E-state index >= 15 is 0 Å². The van der Waals surface area contributed by atoms with Crippen LogP contribution < -0.4 is 4.74 Å². The first-order valence-corrected chi connectivity index (χ1v) is 5.67. The highest BCUT2D eigenvalue weighted by Crippen LogP contribution is 2.45. The first-order chi connectivity index (χ1) is 7.69. The van der Waals surface area contributed by atoms with Gasteiger partial charge in [0, 0.05) is 25.5 Å². The van der Waals surface area contributed by atoms with Crippen molar-refractivity contribution in [3.8, 4) is 5.75 Å². The molecule has 0 aromatic heterocycles. The van der Waals surface area contributed by atoms with E-state index < -0.39 is 5.60 Å². The average Bonchev–Trinajstić information content (AvgIpc) is 2.26. The fraction of sp³-hybridized carbons (Fsp3) is 0.538. The molecule has 1 fully saturated rings. The zero-order valence-electron chi connectivity index (χ0n) is 9.77. The Bertz CT molecular complexity index is 356. The second-order valence-corrected chi connectivity index (χ2v) is 4.23. The highest BCUT2D eigenvalue weighted by Gasteiger charge is 2.45. The molecule has 2 rings (SSSR count). The van der Waals surface area contributed by atoms with Gasteiger partial charge in [-0.1, -0.05) is 18.2 Å². The summed E-state index contributed by atoms with van der Waals surface area (Å²) in [5.41, 5.74) is 0.108. The third kappa shape index (κ3) is 1.93. The van der Waals surface area contributed by atoms with Crippen LogP contribution >= 0.6 is 0 Å². The van der Waals surface area contributed by atoms with Gasteiger partial charge in [-0.05, 0) is 13.0 Å². The summed E-state index contributed by atoms with van der Waals surface area (Å²) < 4.78 is 10.7. The Kier molecular flexibility index (Phi) is 3.17. The Hall–Kier alpha value is -1.06. The summed E-state index contributed by atoms with van der Waals surface area (Å²) in [5.74, 6) is 0.780. The molecule has 1 aromatic rings. The van der Waals surface area contributed by atoms with Crippen LogP contribution in [0, 0.1) is 0 Å². The third-order valence-corrected chi connectivity index (χ3v) is 3.15. The van der Waals surface area contributed by atoms with E-state index in [2.05, 4.69) is 0 Å². The van der Waals surface area contributed by atoms with Crippen molar-refractivity contribution in [2.75, 3.05) is 13.7 Å². The van der Waals surface area contributed by atoms with Crippen LogP contribution in [0.25, 0.3) is 0 Å². The van der Waals surface area contributed by atoms with Crippen LogP contribution in [0.15, 0.2) is 24.3 Å². The maximum Gasteiger partial charge on any atom is 0.125 e. The molecule has 88 valence electrons. The quantitative estimate of drug-likeness (QED) is 0.847. The second-order valence-electron chi connectivity index (χ2n) is 4.23. The molecule has 1 aliphatic carbocycles. The molecule has 0 unspecified atom stereocenters. The largest absolute Gasteiger partial charge is 0.493 e. The summed E-state index contributed by atoms with van der Waals surface area (Å²) >= 11 is 0. The van der Waals surface area contributed by atoms with Gasteiger partial charge in [0.25, 0.3) is 0 Å². The van der Waals surface area contributed by atoms with Crippen LogP contribution in [0.4, 0.5) is 0 Å². The summed E-state index contributed by atoms with van der Waals surface area (Å²) in [6.07, 6.45) is 1.46. The topological polar surface area (TPSA) is 38.7 Å². The average molecular weight is 222 g/mol. The molecule has 0 heterocycles. The molecular weight excluding hydrogens is 204 g/mol. The van der Waals surface area contributed by atoms with E-state index in [1.54, 1.807) is 7.11 Å². The molecule has 1 N–H and O–H groups in total. The molecule has 3 heteroatoms. The molecule has 16 heavy (non-hydrogen) atoms. The van der Waals surface area contributed by atoms with E-state index in [0.29, 0.717) is 19.4 Å². The van der Waals surface area contributed by atoms with Crippen molar-refractivity contribution in [1.82, 2.24) is 0 Å². The molecule has 1 aromatic carbocycles. The zero-order valence-corrected chi connectivity index (χ0v) is 9.77. The SMILES string of the molecule is CCOc1ccccc1C1(O)CC(OC)C1. The molecular formula is C13H18O3. The smallest absolute Gasteiger partial charge is 0.125 e. The number of benzene rings is 1. The Morgan fingerprint density at radius 2 is 2.06 bits per heavy atom. The molecule has 0 radical (unpaired) electrons. The number of rotatable bonds is 4. The highest BCUT2D eigenvalue weighted by molar-refractivity contribution is 5.39. The maximum atomic E-state index is 10.4. The molecule has 0 saturated heterocycles. The number of methoxy groups -OCH3 is 1. The number of aliphatic hydroxyl groups is 1. The van der Waals surface area contributed by atoms with Gasteiger partial charge < -0.3 is 14.6 Å². The first-order valence-electron chi connectivity index (χ1n) is 5.67. The Labute approximate surface area is 96.0 Å². The van der Waals surface area contributed by atoms with Crippen molar-refractivity contribution in [1.29, 1.82) is 0 Å². The molecule has 0 amide bonds. The van der Waals surface area contributed by atoms with Gasteiger partial charge in [-0.25, -0.2) is 0 Å². The van der Waals surface area contributed by atoms with E-state index in [1.807, 2.05) is 31.2 Å². The van der Waals surface area contributed by atoms with Gasteiger partial charge in [-0.3, -0.25) is 0 Å². The van der Waals surface area contributed by atoms with E-state index in [-0.39, 0.29) is 6.10 Å². The predicted molar refractivity (Wildman–Crippen MR) is 61.5 cm³/mol. The lowest BCUT2D eigenvalue weighted by atomic mass is 9.72. The molecule has 0 spiro atoms. The molecule has 0 aliphatic heterocycles. The van der Waals surface area contributed by atoms with Crippen molar-refractivity contribution in [2.45, 2.75) is 31.5 Å². The molecule has 0 bridgehead atoms. The molecule has 1 aliphatic rings. The van der Waals surface area contributed by atoms with Gasteiger partial charge in [-0.2, -0.15) is 0 Å². The normalized spacial score (nSPS) is 28.6. The summed E-state index contributed by atoms with van der Waals surface area (Å²) in [7, 11) is 1.68. The van der Waals surface area contributed by atoms with E-state index in [0.717, 1.165) is 11.3 Å². The molecule has 3 nitrogen and oxygen atoms in total. The van der Waals surface area contributed by atoms with Crippen molar-refractivity contribution in [2.24, 2.45) is 0 Å². The summed E-state index contributed by atoms with van der Waals surface area (Å²) in [6.45, 7) is 2.56. The zero-order chi connectivity index (χ0) is 11.6. The Balaban J connectivity index is 2.20. The lowest BCUT2D eigenvalue weighted by molar-refractivity contribution is -0.133. The summed E-state index contributed by atoms with van der Waals surface area (Å²) in [5, 5.41) is 10.4. The standard InChI is InChI=1S/C13H18O3/c1-3-16-12-7-5-4-6-11(12)13(14)8-10(9-13)15-2/h4-7,10,14H,3,8-9H2,1-2H3. The van der Waals surface area contributed by atoms with Crippen molar-refractivity contribution in [3.05, 3.63) is 29.8 Å². The number of hydrogen-bond donors (Lipinski definition) is 1. The minimum absolute atomic E-state index is 0.166. The van der Waals surface area contributed by atoms with E-state index in [4.69, 9.17) is 9.47 Å². The summed E-state index contributed by atoms with van der Waals surface area (Å²) in [6, 6.07) is 7.67. The Morgan fingerprint density at radius 3 is 2.69 bits per heavy atom. The minimum atomic E-state index is -0.771. The van der Waals surface area contributed by atoms with Gasteiger partial charge in [0.15, 0.2) is 0 Å². The van der Waals surface area contributed by atoms with Gasteiger partial charge in [0.1, 0.15) is 5.75 Å². The van der Waals surface area contributed by atoms with Gasteiger partial charge in [0.2, 0.25) is 0 Å². The Morgan fingerprint density at radius 1 is 1.38 bits per heavy atom. The second kappa shape index (κ2) is 4.44. The van der Waals surface area contributed by atoms with Crippen molar-refractivity contribution >= 4 is 0 Å². The van der Waals surface area contributed by atoms with Gasteiger partial charge >= 0.3 is 0 Å². The highest BCUT2D eigenvalue weighted by atomic mass is 16.5. The number of ether oxygens (including phenoxy) is 2. The minimum Gasteiger partial charge on any atom is -0.493 e. The summed E-state index contributed by atoms with van der Waals surface area (Å²) in [4.78, 5) is 0. The van der Waals surface area contributed by atoms with Crippen LogP contribution in [-0.2, 0) is 10.3 Å². The van der Waals surface area contributed by atoms with Gasteiger partial charge in [0.05, 0.1) is 18.3 Å². The van der Waals surface area contributed by atoms with E-state index in [9.17, 15) is 5.11 Å². The number of hydrogen-bond acceptors (Lipinski definition) is 3. The van der Waals surface area contributed by atoms with Gasteiger partial charge in [-0.15, -0.1) is 0 Å². The van der Waals surface area contributed by atoms with Crippen LogP contribution in [0.5, 0.6) is 5.75 Å². The third-order valence-electron chi connectivity index (χ3n) is 3.15. The lowest BCUT2D eigenvalue weighted by Gasteiger charge is -2.43. The van der Waals surface area contributed by atoms with Crippen LogP contribution in [0.2, 0.25) is 0 Å². The fourth-order valence-corrected chi connectivity index (χ4v) is 2.21. The van der Waals surface area contributed by atoms with Crippen LogP contribution in [0.1, 0.15) is 25.3 Å². The van der Waals surface area contributed by atoms with E-state index in [1.165, 1.54) is 0 Å². The van der Waals surface area contributed by atoms with Crippen molar-refractivity contribution in [3.63, 3.8) is 0 Å². The maximum absolute atomic E-state index is 10.4. The first kappa shape index (κ1) is 11.4. The fourth-order valence-electron chi connectivity index (χ4n) is 2.21. The monoisotopic (exact) mass is 222 g/mol. The van der Waals surface area contributed by atoms with Crippen LogP contribution in [-0.4, -0.2) is 24.9 Å². The van der Waals surface area contributed by atoms with Crippen molar-refractivity contribution < 1.29 is 14.6 Å². The molecule has 0 atom stereocenters. The number of para-hydroxylation sites is 1.